The van der Waals surface area contributed by atoms with Crippen LogP contribution in [-0.2, 0) is 19.2 Å². The zero-order valence-corrected chi connectivity index (χ0v) is 23.9. The number of hydrogen-bond donors (Lipinski definition) is 2. The molecular formula is C30H37F3N5O4+. The molecule has 2 aromatic carbocycles. The van der Waals surface area contributed by atoms with Crippen molar-refractivity contribution in [2.24, 2.45) is 5.92 Å². The molecule has 3 aromatic rings. The number of benzene rings is 2. The van der Waals surface area contributed by atoms with Crippen molar-refractivity contribution in [1.82, 2.24) is 20.5 Å². The van der Waals surface area contributed by atoms with Crippen LogP contribution in [0.15, 0.2) is 42.5 Å². The number of ketones is 1. The number of fused-ring (bicyclic) bond motifs is 1. The lowest BCUT2D eigenvalue weighted by atomic mass is 9.96. The van der Waals surface area contributed by atoms with E-state index in [1.165, 1.54) is 7.05 Å². The fraction of sp³-hybridized carbons (Fsp3) is 0.500. The van der Waals surface area contributed by atoms with Crippen molar-refractivity contribution in [3.8, 4) is 11.4 Å². The number of aromatic nitrogens is 3. The van der Waals surface area contributed by atoms with Crippen LogP contribution in [0.2, 0.25) is 0 Å². The van der Waals surface area contributed by atoms with Crippen molar-refractivity contribution in [2.45, 2.75) is 70.5 Å². The Kier molecular flexibility index (Phi) is 9.97. The number of likely N-dealkylation sites (tertiary alicyclic amines) is 1. The highest BCUT2D eigenvalue weighted by atomic mass is 19.4. The standard InChI is InChI=1S/C30H36F3N5O4/c1-3-24(39)13-5-4-6-14-25(27-35-26(36-37-27)22-16-15-20-10-7-8-11-21(20)18-22)34-28(40)23-12-9-17-38(2,19-23)42-29(41)30(31,32)33/h7-8,10-11,15-16,18,23,25H,3-6,9,12-14,17,19H2,1-2H3,(H-,34,35,36,37,40)/p+1/t23-,25-,38?/m0/s1. The quantitative estimate of drug-likeness (QED) is 0.211. The van der Waals surface area contributed by atoms with Crippen molar-refractivity contribution >= 4 is 28.4 Å². The Hall–Kier alpha value is -3.80. The van der Waals surface area contributed by atoms with Crippen LogP contribution in [0.4, 0.5) is 13.2 Å². The lowest BCUT2D eigenvalue weighted by Crippen LogP contribution is -2.56. The third-order valence-corrected chi connectivity index (χ3v) is 7.70. The molecule has 1 saturated heterocycles. The maximum atomic E-state index is 13.4. The van der Waals surface area contributed by atoms with Gasteiger partial charge in [0.15, 0.2) is 5.82 Å². The molecule has 42 heavy (non-hydrogen) atoms. The summed E-state index contributed by atoms with van der Waals surface area (Å²) in [7, 11) is 1.38. The number of hydroxylamine groups is 3. The zero-order valence-electron chi connectivity index (χ0n) is 23.9. The molecule has 0 radical (unpaired) electrons. The number of hydrogen-bond acceptors (Lipinski definition) is 6. The molecule has 9 nitrogen and oxygen atoms in total. The average molecular weight is 589 g/mol. The first-order valence-corrected chi connectivity index (χ1v) is 14.4. The number of piperidine rings is 1. The maximum absolute atomic E-state index is 13.4. The Labute approximate surface area is 242 Å². The second kappa shape index (κ2) is 13.5. The number of halogens is 3. The number of quaternary nitrogens is 1. The van der Waals surface area contributed by atoms with Crippen LogP contribution in [0.25, 0.3) is 22.2 Å². The molecule has 1 aliphatic heterocycles. The van der Waals surface area contributed by atoms with Crippen LogP contribution >= 0.6 is 0 Å². The molecule has 0 aliphatic carbocycles. The molecule has 4 rings (SSSR count). The number of Topliss-reactive ketones (excluding diaryl/α,β-unsaturated/α-hetero) is 1. The van der Waals surface area contributed by atoms with E-state index in [1.54, 1.807) is 0 Å². The first-order chi connectivity index (χ1) is 20.0. The first kappa shape index (κ1) is 31.1. The summed E-state index contributed by atoms with van der Waals surface area (Å²) in [6, 6.07) is 13.3. The summed E-state index contributed by atoms with van der Waals surface area (Å²) in [5.41, 5.74) is 0.811. The van der Waals surface area contributed by atoms with Crippen molar-refractivity contribution in [1.29, 1.82) is 0 Å². The fourth-order valence-corrected chi connectivity index (χ4v) is 5.35. The molecule has 1 fully saturated rings. The third kappa shape index (κ3) is 8.15. The van der Waals surface area contributed by atoms with E-state index in [9.17, 15) is 27.6 Å². The molecule has 1 amide bonds. The molecule has 0 spiro atoms. The van der Waals surface area contributed by atoms with E-state index in [4.69, 9.17) is 4.84 Å². The Balaban J connectivity index is 1.47. The second-order valence-corrected chi connectivity index (χ2v) is 11.1. The van der Waals surface area contributed by atoms with Gasteiger partial charge in [-0.2, -0.15) is 18.3 Å². The highest BCUT2D eigenvalue weighted by Gasteiger charge is 2.48. The number of carbonyl (C=O) groups excluding carboxylic acids is 3. The van der Waals surface area contributed by atoms with Gasteiger partial charge in [0.05, 0.1) is 12.0 Å². The summed E-state index contributed by atoms with van der Waals surface area (Å²) in [5, 5.41) is 12.5. The van der Waals surface area contributed by atoms with Gasteiger partial charge in [-0.3, -0.25) is 19.5 Å². The Morgan fingerprint density at radius 1 is 1.12 bits per heavy atom. The lowest BCUT2D eigenvalue weighted by Gasteiger charge is -2.37. The number of carbonyl (C=O) groups is 3. The molecular weight excluding hydrogens is 551 g/mol. The van der Waals surface area contributed by atoms with Crippen molar-refractivity contribution < 1.29 is 37.0 Å². The summed E-state index contributed by atoms with van der Waals surface area (Å²) in [5.74, 6) is -2.13. The number of rotatable bonds is 12. The fourth-order valence-electron chi connectivity index (χ4n) is 5.35. The first-order valence-electron chi connectivity index (χ1n) is 14.4. The van der Waals surface area contributed by atoms with Crippen molar-refractivity contribution in [2.75, 3.05) is 20.1 Å². The summed E-state index contributed by atoms with van der Waals surface area (Å²) in [6.45, 7) is 1.95. The number of unbranched alkanes of at least 4 members (excludes halogenated alkanes) is 2. The molecule has 2 N–H and O–H groups in total. The van der Waals surface area contributed by atoms with E-state index >= 15 is 0 Å². The van der Waals surface area contributed by atoms with E-state index in [1.807, 2.05) is 49.4 Å². The summed E-state index contributed by atoms with van der Waals surface area (Å²) < 4.78 is 37.9. The minimum absolute atomic E-state index is 0.0712. The van der Waals surface area contributed by atoms with Crippen LogP contribution in [0, 0.1) is 5.92 Å². The van der Waals surface area contributed by atoms with E-state index < -0.39 is 28.8 Å². The monoisotopic (exact) mass is 588 g/mol. The minimum atomic E-state index is -5.11. The van der Waals surface area contributed by atoms with Gasteiger partial charge in [-0.1, -0.05) is 56.2 Å². The molecule has 0 bridgehead atoms. The highest BCUT2D eigenvalue weighted by molar-refractivity contribution is 5.86. The van der Waals surface area contributed by atoms with Gasteiger partial charge in [0.25, 0.3) is 0 Å². The van der Waals surface area contributed by atoms with E-state index in [2.05, 4.69) is 20.5 Å². The van der Waals surface area contributed by atoms with Gasteiger partial charge in [-0.05, 0) is 36.1 Å². The molecule has 1 aromatic heterocycles. The SMILES string of the molecule is CCC(=O)CCCCC[C@H](NC(=O)[C@H]1CCC[N+](C)(OC(=O)C(F)(F)F)C1)c1nc(-c2ccc3ccccc3c2)n[nH]1. The van der Waals surface area contributed by atoms with Gasteiger partial charge in [0.1, 0.15) is 31.7 Å². The summed E-state index contributed by atoms with van der Waals surface area (Å²) >= 11 is 0. The molecule has 1 aliphatic rings. The Bertz CT molecular complexity index is 1410. The van der Waals surface area contributed by atoms with Crippen molar-refractivity contribution in [3.05, 3.63) is 48.3 Å². The molecule has 226 valence electrons. The largest absolute Gasteiger partial charge is 0.497 e. The van der Waals surface area contributed by atoms with E-state index in [0.29, 0.717) is 43.8 Å². The van der Waals surface area contributed by atoms with Crippen LogP contribution in [-0.4, -0.2) is 63.8 Å². The third-order valence-electron chi connectivity index (χ3n) is 7.70. The van der Waals surface area contributed by atoms with Gasteiger partial charge in [-0.15, -0.1) is 4.65 Å². The highest BCUT2D eigenvalue weighted by Crippen LogP contribution is 2.28. The number of nitrogens with one attached hydrogen (secondary N) is 2. The van der Waals surface area contributed by atoms with Gasteiger partial charge in [0, 0.05) is 24.8 Å². The Morgan fingerprint density at radius 2 is 1.88 bits per heavy atom. The molecule has 0 saturated carbocycles. The van der Waals surface area contributed by atoms with Crippen LogP contribution < -0.4 is 5.32 Å². The smallest absolute Gasteiger partial charge is 0.346 e. The topological polar surface area (TPSA) is 114 Å². The molecule has 1 unspecified atom stereocenters. The predicted octanol–water partition coefficient (Wildman–Crippen LogP) is 5.59. The summed E-state index contributed by atoms with van der Waals surface area (Å²) in [6.07, 6.45) is -0.445. The molecule has 3 atom stereocenters. The van der Waals surface area contributed by atoms with Crippen LogP contribution in [0.5, 0.6) is 0 Å². The van der Waals surface area contributed by atoms with E-state index in [-0.39, 0.29) is 24.8 Å². The Morgan fingerprint density at radius 3 is 2.62 bits per heavy atom. The number of aromatic amines is 1. The number of nitrogens with zero attached hydrogens (tertiary/aromatic N) is 3. The predicted molar refractivity (Wildman–Crippen MR) is 149 cm³/mol. The second-order valence-electron chi connectivity index (χ2n) is 11.1. The molecule has 2 heterocycles. The zero-order chi connectivity index (χ0) is 30.3. The van der Waals surface area contributed by atoms with Gasteiger partial charge >= 0.3 is 12.1 Å². The summed E-state index contributed by atoms with van der Waals surface area (Å²) in [4.78, 5) is 46.0. The number of H-pyrrole nitrogens is 1. The number of amides is 1. The number of alkyl halides is 3. The molecule has 12 heteroatoms. The van der Waals surface area contributed by atoms with E-state index in [0.717, 1.165) is 35.6 Å². The van der Waals surface area contributed by atoms with Crippen LogP contribution in [0.1, 0.15) is 70.2 Å². The van der Waals surface area contributed by atoms with Gasteiger partial charge < -0.3 is 5.32 Å². The van der Waals surface area contributed by atoms with Crippen LogP contribution in [0.3, 0.4) is 0 Å². The van der Waals surface area contributed by atoms with Crippen molar-refractivity contribution in [3.63, 3.8) is 0 Å². The maximum Gasteiger partial charge on any atom is 0.497 e. The average Bonchev–Trinajstić information content (AvgIpc) is 3.45. The minimum Gasteiger partial charge on any atom is -0.346 e. The van der Waals surface area contributed by atoms with Gasteiger partial charge in [-0.25, -0.2) is 9.78 Å². The lowest BCUT2D eigenvalue weighted by molar-refractivity contribution is -1.08. The normalized spacial score (nSPS) is 19.8. The van der Waals surface area contributed by atoms with Gasteiger partial charge in [0.2, 0.25) is 5.91 Å².